The van der Waals surface area contributed by atoms with Gasteiger partial charge < -0.3 is 29.2 Å². The van der Waals surface area contributed by atoms with E-state index in [9.17, 15) is 14.4 Å². The number of anilines is 2. The molecule has 13 heteroatoms. The normalized spacial score (nSPS) is 21.8. The molecular weight excluding hydrogens is 564 g/mol. The van der Waals surface area contributed by atoms with Crippen molar-refractivity contribution in [2.75, 3.05) is 45.7 Å². The molecule has 3 fully saturated rings. The fourth-order valence-corrected chi connectivity index (χ4v) is 6.33. The molecule has 3 aliphatic rings. The van der Waals surface area contributed by atoms with E-state index in [1.165, 1.54) is 0 Å². The van der Waals surface area contributed by atoms with Crippen LogP contribution in [0.3, 0.4) is 0 Å². The standard InChI is InChI=1S/C31H40N8O5/c1-31(2,3)44-30(42)38-21-9-10-22(38)17-37(16-21)27(40)19-8-11-25(32-14-19)34-29-33-15-20-13-24(28(41)36(4)5)39(26(20)35-29)23-7-6-12-43-18-23/h8,11,13-15,21-23H,6-7,9-10,12,16-18H2,1-5H3,(H,32,33,34,35). The lowest BCUT2D eigenvalue weighted by Gasteiger charge is -2.41. The molecule has 3 amide bonds. The summed E-state index contributed by atoms with van der Waals surface area (Å²) in [7, 11) is 3.46. The van der Waals surface area contributed by atoms with Crippen molar-refractivity contribution in [1.82, 2.24) is 34.2 Å². The van der Waals surface area contributed by atoms with Gasteiger partial charge in [-0.1, -0.05) is 0 Å². The molecule has 0 spiro atoms. The predicted molar refractivity (Wildman–Crippen MR) is 163 cm³/mol. The fourth-order valence-electron chi connectivity index (χ4n) is 6.33. The second kappa shape index (κ2) is 11.7. The zero-order chi connectivity index (χ0) is 31.2. The number of carbonyl (C=O) groups is 3. The summed E-state index contributed by atoms with van der Waals surface area (Å²) >= 11 is 0. The molecule has 0 aliphatic carbocycles. The Kier molecular flexibility index (Phi) is 7.91. The molecule has 3 atom stereocenters. The maximum atomic E-state index is 13.4. The fraction of sp³-hybridized carbons (Fsp3) is 0.548. The summed E-state index contributed by atoms with van der Waals surface area (Å²) in [6, 6.07) is 5.17. The highest BCUT2D eigenvalue weighted by Crippen LogP contribution is 2.33. The van der Waals surface area contributed by atoms with Crippen molar-refractivity contribution in [2.45, 2.75) is 70.2 Å². The number of ether oxygens (including phenoxy) is 2. The first kappa shape index (κ1) is 29.8. The minimum Gasteiger partial charge on any atom is -0.444 e. The summed E-state index contributed by atoms with van der Waals surface area (Å²) in [5.41, 5.74) is 1.10. The van der Waals surface area contributed by atoms with Crippen LogP contribution in [-0.4, -0.2) is 110 Å². The van der Waals surface area contributed by atoms with E-state index in [4.69, 9.17) is 14.5 Å². The largest absolute Gasteiger partial charge is 0.444 e. The monoisotopic (exact) mass is 604 g/mol. The van der Waals surface area contributed by atoms with E-state index in [1.54, 1.807) is 48.4 Å². The van der Waals surface area contributed by atoms with Gasteiger partial charge in [0, 0.05) is 51.6 Å². The second-order valence-corrected chi connectivity index (χ2v) is 13.0. The number of nitrogens with one attached hydrogen (secondary N) is 1. The van der Waals surface area contributed by atoms with Crippen LogP contribution in [-0.2, 0) is 9.47 Å². The Balaban J connectivity index is 1.16. The van der Waals surface area contributed by atoms with Gasteiger partial charge in [0.2, 0.25) is 5.95 Å². The highest BCUT2D eigenvalue weighted by molar-refractivity contribution is 5.98. The minimum absolute atomic E-state index is 0.00689. The van der Waals surface area contributed by atoms with Crippen LogP contribution in [0.5, 0.6) is 0 Å². The minimum atomic E-state index is -0.565. The van der Waals surface area contributed by atoms with Crippen LogP contribution in [0.15, 0.2) is 30.6 Å². The third kappa shape index (κ3) is 5.92. The van der Waals surface area contributed by atoms with Crippen molar-refractivity contribution in [2.24, 2.45) is 0 Å². The van der Waals surface area contributed by atoms with Gasteiger partial charge in [-0.05, 0) is 64.7 Å². The number of nitrogens with zero attached hydrogens (tertiary/aromatic N) is 7. The first-order valence-corrected chi connectivity index (χ1v) is 15.2. The van der Waals surface area contributed by atoms with Crippen molar-refractivity contribution in [1.29, 1.82) is 0 Å². The van der Waals surface area contributed by atoms with Gasteiger partial charge in [-0.2, -0.15) is 4.98 Å². The highest BCUT2D eigenvalue weighted by Gasteiger charge is 2.45. The van der Waals surface area contributed by atoms with Gasteiger partial charge in [0.1, 0.15) is 22.8 Å². The van der Waals surface area contributed by atoms with E-state index in [0.29, 0.717) is 55.0 Å². The summed E-state index contributed by atoms with van der Waals surface area (Å²) < 4.78 is 13.3. The number of piperazine rings is 1. The number of hydrogen-bond acceptors (Lipinski definition) is 9. The maximum absolute atomic E-state index is 13.4. The molecule has 2 bridgehead atoms. The van der Waals surface area contributed by atoms with Gasteiger partial charge in [-0.3, -0.25) is 14.5 Å². The molecule has 6 heterocycles. The number of hydrogen-bond donors (Lipinski definition) is 1. The summed E-state index contributed by atoms with van der Waals surface area (Å²) in [5, 5.41) is 3.90. The van der Waals surface area contributed by atoms with Gasteiger partial charge in [-0.15, -0.1) is 0 Å². The molecule has 0 aromatic carbocycles. The van der Waals surface area contributed by atoms with E-state index >= 15 is 0 Å². The molecule has 6 rings (SSSR count). The van der Waals surface area contributed by atoms with Gasteiger partial charge >= 0.3 is 6.09 Å². The molecule has 3 aromatic rings. The molecule has 3 aromatic heterocycles. The number of aromatic nitrogens is 4. The number of likely N-dealkylation sites (tertiary alicyclic amines) is 1. The van der Waals surface area contributed by atoms with E-state index in [-0.39, 0.29) is 36.0 Å². The van der Waals surface area contributed by atoms with Crippen molar-refractivity contribution in [3.8, 4) is 0 Å². The van der Waals surface area contributed by atoms with Crippen LogP contribution in [0.4, 0.5) is 16.6 Å². The molecule has 0 saturated carbocycles. The number of pyridine rings is 1. The van der Waals surface area contributed by atoms with Gasteiger partial charge in [0.25, 0.3) is 11.8 Å². The molecule has 3 saturated heterocycles. The Morgan fingerprint density at radius 2 is 1.77 bits per heavy atom. The average molecular weight is 605 g/mol. The second-order valence-electron chi connectivity index (χ2n) is 13.0. The Labute approximate surface area is 256 Å². The quantitative estimate of drug-likeness (QED) is 0.461. The summed E-state index contributed by atoms with van der Waals surface area (Å²) in [5.74, 6) is 0.593. The lowest BCUT2D eigenvalue weighted by Crippen LogP contribution is -2.57. The van der Waals surface area contributed by atoms with E-state index in [1.807, 2.05) is 36.3 Å². The predicted octanol–water partition coefficient (Wildman–Crippen LogP) is 3.85. The lowest BCUT2D eigenvalue weighted by atomic mass is 10.1. The highest BCUT2D eigenvalue weighted by atomic mass is 16.6. The van der Waals surface area contributed by atoms with E-state index < -0.39 is 5.60 Å². The molecule has 44 heavy (non-hydrogen) atoms. The topological polar surface area (TPSA) is 135 Å². The van der Waals surface area contributed by atoms with E-state index in [0.717, 1.165) is 31.1 Å². The zero-order valence-corrected chi connectivity index (χ0v) is 25.9. The number of carbonyl (C=O) groups excluding carboxylic acids is 3. The Morgan fingerprint density at radius 3 is 2.39 bits per heavy atom. The Morgan fingerprint density at radius 1 is 1.02 bits per heavy atom. The zero-order valence-electron chi connectivity index (χ0n) is 25.9. The SMILES string of the molecule is CN(C)C(=O)c1cc2cnc(Nc3ccc(C(=O)N4CC5CCC(C4)N5C(=O)OC(C)(C)C)cn3)nc2n1C1CCCOC1. The van der Waals surface area contributed by atoms with Crippen LogP contribution < -0.4 is 5.32 Å². The van der Waals surface area contributed by atoms with Crippen LogP contribution >= 0.6 is 0 Å². The van der Waals surface area contributed by atoms with Crippen molar-refractivity contribution < 1.29 is 23.9 Å². The lowest BCUT2D eigenvalue weighted by molar-refractivity contribution is -0.00336. The first-order chi connectivity index (χ1) is 21.0. The molecule has 3 aliphatic heterocycles. The molecule has 13 nitrogen and oxygen atoms in total. The van der Waals surface area contributed by atoms with Gasteiger partial charge in [-0.25, -0.2) is 14.8 Å². The van der Waals surface area contributed by atoms with Crippen molar-refractivity contribution >= 4 is 40.7 Å². The molecule has 0 radical (unpaired) electrons. The molecule has 3 unspecified atom stereocenters. The van der Waals surface area contributed by atoms with Crippen molar-refractivity contribution in [3.05, 3.63) is 41.9 Å². The third-order valence-corrected chi connectivity index (χ3v) is 8.33. The number of amides is 3. The van der Waals surface area contributed by atoms with Crippen molar-refractivity contribution in [3.63, 3.8) is 0 Å². The Bertz CT molecular complexity index is 1540. The first-order valence-electron chi connectivity index (χ1n) is 15.2. The maximum Gasteiger partial charge on any atom is 0.410 e. The van der Waals surface area contributed by atoms with Gasteiger partial charge in [0.05, 0.1) is 30.3 Å². The molecule has 234 valence electrons. The Hall–Kier alpha value is -4.26. The average Bonchev–Trinajstić information content (AvgIpc) is 3.50. The number of rotatable bonds is 5. The third-order valence-electron chi connectivity index (χ3n) is 8.33. The summed E-state index contributed by atoms with van der Waals surface area (Å²) in [6.07, 6.45) is 6.42. The van der Waals surface area contributed by atoms with Crippen LogP contribution in [0.1, 0.15) is 73.3 Å². The number of fused-ring (bicyclic) bond motifs is 3. The van der Waals surface area contributed by atoms with Crippen LogP contribution in [0.25, 0.3) is 11.0 Å². The van der Waals surface area contributed by atoms with Crippen LogP contribution in [0, 0.1) is 0 Å². The van der Waals surface area contributed by atoms with E-state index in [2.05, 4.69) is 15.3 Å². The van der Waals surface area contributed by atoms with Gasteiger partial charge in [0.15, 0.2) is 0 Å². The summed E-state index contributed by atoms with van der Waals surface area (Å²) in [4.78, 5) is 58.1. The van der Waals surface area contributed by atoms with Crippen LogP contribution in [0.2, 0.25) is 0 Å². The molecule has 1 N–H and O–H groups in total. The summed E-state index contributed by atoms with van der Waals surface area (Å²) in [6.45, 7) is 7.73. The molecular formula is C31H40N8O5. The smallest absolute Gasteiger partial charge is 0.410 e.